The summed E-state index contributed by atoms with van der Waals surface area (Å²) in [6, 6.07) is 11.8. The van der Waals surface area contributed by atoms with Crippen molar-refractivity contribution < 1.29 is 4.79 Å². The number of carbonyl (C=O) groups excluding carboxylic acids is 1. The number of benzene rings is 1. The first-order chi connectivity index (χ1) is 9.63. The van der Waals surface area contributed by atoms with Gasteiger partial charge in [-0.25, -0.2) is 0 Å². The molecule has 2 atom stereocenters. The van der Waals surface area contributed by atoms with E-state index >= 15 is 0 Å². The van der Waals surface area contributed by atoms with Crippen molar-refractivity contribution in [1.82, 2.24) is 15.6 Å². The molecule has 2 heterocycles. The van der Waals surface area contributed by atoms with Crippen LogP contribution in [0.1, 0.15) is 24.2 Å². The zero-order chi connectivity index (χ0) is 14.1. The minimum atomic E-state index is -0.270. The molecule has 2 aromatic rings. The summed E-state index contributed by atoms with van der Waals surface area (Å²) >= 11 is 0. The van der Waals surface area contributed by atoms with Gasteiger partial charge in [0.1, 0.15) is 6.04 Å². The number of nitrogens with zero attached hydrogens (tertiary/aromatic N) is 1. The number of aryl methyl sites for hydroxylation is 1. The van der Waals surface area contributed by atoms with E-state index in [1.807, 2.05) is 38.1 Å². The molecule has 0 saturated carbocycles. The van der Waals surface area contributed by atoms with Crippen molar-refractivity contribution in [2.24, 2.45) is 0 Å². The van der Waals surface area contributed by atoms with Gasteiger partial charge in [-0.1, -0.05) is 18.2 Å². The van der Waals surface area contributed by atoms with Crippen LogP contribution in [0.4, 0.5) is 0 Å². The van der Waals surface area contributed by atoms with Gasteiger partial charge in [0, 0.05) is 11.9 Å². The van der Waals surface area contributed by atoms with E-state index in [1.165, 1.54) is 0 Å². The summed E-state index contributed by atoms with van der Waals surface area (Å²) in [4.78, 5) is 16.1. The lowest BCUT2D eigenvalue weighted by atomic mass is 10.00. The van der Waals surface area contributed by atoms with Gasteiger partial charge in [-0.3, -0.25) is 15.1 Å². The van der Waals surface area contributed by atoms with Gasteiger partial charge in [0.15, 0.2) is 0 Å². The highest BCUT2D eigenvalue weighted by molar-refractivity contribution is 5.86. The lowest BCUT2D eigenvalue weighted by molar-refractivity contribution is -0.120. The fraction of sp³-hybridized carbons (Fsp3) is 0.250. The van der Waals surface area contributed by atoms with E-state index < -0.39 is 0 Å². The molecule has 1 aromatic heterocycles. The van der Waals surface area contributed by atoms with Crippen LogP contribution in [-0.4, -0.2) is 17.1 Å². The lowest BCUT2D eigenvalue weighted by Gasteiger charge is -2.11. The van der Waals surface area contributed by atoms with Crippen LogP contribution >= 0.6 is 0 Å². The smallest absolute Gasteiger partial charge is 0.243 e. The standard InChI is InChI=1S/C16H17N3O/c1-10-8-13(6-7-17-10)12-4-3-5-14(9-12)15-16(20)19-11(2)18-15/h3-9,11,15,18H,1-2H3,(H,19,20). The second-order valence-corrected chi connectivity index (χ2v) is 5.14. The summed E-state index contributed by atoms with van der Waals surface area (Å²) in [5.41, 5.74) is 4.19. The van der Waals surface area contributed by atoms with Crippen LogP contribution in [0.25, 0.3) is 11.1 Å². The number of aromatic nitrogens is 1. The summed E-state index contributed by atoms with van der Waals surface area (Å²) in [6.07, 6.45) is 1.82. The van der Waals surface area contributed by atoms with E-state index in [9.17, 15) is 4.79 Å². The normalized spacial score (nSPS) is 21.8. The molecule has 1 aliphatic heterocycles. The number of nitrogens with one attached hydrogen (secondary N) is 2. The van der Waals surface area contributed by atoms with Gasteiger partial charge in [-0.2, -0.15) is 0 Å². The van der Waals surface area contributed by atoms with Crippen LogP contribution in [0.5, 0.6) is 0 Å². The SMILES string of the molecule is Cc1cc(-c2cccc(C3NC(C)NC3=O)c2)ccn1. The van der Waals surface area contributed by atoms with Crippen molar-refractivity contribution in [3.8, 4) is 11.1 Å². The minimum absolute atomic E-state index is 0.0133. The Morgan fingerprint density at radius 3 is 2.65 bits per heavy atom. The summed E-state index contributed by atoms with van der Waals surface area (Å²) in [5, 5.41) is 6.11. The Kier molecular flexibility index (Phi) is 3.24. The quantitative estimate of drug-likeness (QED) is 0.876. The van der Waals surface area contributed by atoms with Crippen LogP contribution in [-0.2, 0) is 4.79 Å². The molecular weight excluding hydrogens is 250 g/mol. The summed E-state index contributed by atoms with van der Waals surface area (Å²) < 4.78 is 0. The second-order valence-electron chi connectivity index (χ2n) is 5.14. The number of amides is 1. The molecule has 0 radical (unpaired) electrons. The molecule has 1 aromatic carbocycles. The van der Waals surface area contributed by atoms with Gasteiger partial charge in [0.25, 0.3) is 0 Å². The van der Waals surface area contributed by atoms with Gasteiger partial charge >= 0.3 is 0 Å². The minimum Gasteiger partial charge on any atom is -0.339 e. The molecule has 1 amide bonds. The molecule has 0 spiro atoms. The Labute approximate surface area is 118 Å². The molecule has 0 bridgehead atoms. The van der Waals surface area contributed by atoms with Gasteiger partial charge in [-0.05, 0) is 48.7 Å². The van der Waals surface area contributed by atoms with Crippen LogP contribution in [0, 0.1) is 6.92 Å². The van der Waals surface area contributed by atoms with E-state index in [2.05, 4.69) is 27.8 Å². The maximum Gasteiger partial charge on any atom is 0.243 e. The molecule has 2 N–H and O–H groups in total. The van der Waals surface area contributed by atoms with Crippen molar-refractivity contribution in [2.45, 2.75) is 26.1 Å². The van der Waals surface area contributed by atoms with E-state index in [4.69, 9.17) is 0 Å². The molecule has 20 heavy (non-hydrogen) atoms. The predicted octanol–water partition coefficient (Wildman–Crippen LogP) is 2.16. The van der Waals surface area contributed by atoms with Crippen LogP contribution in [0.15, 0.2) is 42.6 Å². The van der Waals surface area contributed by atoms with Crippen molar-refractivity contribution >= 4 is 5.91 Å². The highest BCUT2D eigenvalue weighted by Gasteiger charge is 2.29. The summed E-state index contributed by atoms with van der Waals surface area (Å²) in [7, 11) is 0. The fourth-order valence-electron chi connectivity index (χ4n) is 2.53. The zero-order valence-electron chi connectivity index (χ0n) is 11.6. The van der Waals surface area contributed by atoms with Crippen LogP contribution < -0.4 is 10.6 Å². The Bertz CT molecular complexity index is 654. The van der Waals surface area contributed by atoms with E-state index in [0.29, 0.717) is 0 Å². The Hall–Kier alpha value is -2.20. The largest absolute Gasteiger partial charge is 0.339 e. The highest BCUT2D eigenvalue weighted by atomic mass is 16.2. The molecule has 3 rings (SSSR count). The molecule has 1 saturated heterocycles. The third-order valence-electron chi connectivity index (χ3n) is 3.49. The average molecular weight is 267 g/mol. The fourth-order valence-corrected chi connectivity index (χ4v) is 2.53. The molecule has 102 valence electrons. The van der Waals surface area contributed by atoms with Crippen molar-refractivity contribution in [3.05, 3.63) is 53.9 Å². The molecule has 0 aliphatic carbocycles. The third-order valence-corrected chi connectivity index (χ3v) is 3.49. The molecule has 4 nitrogen and oxygen atoms in total. The molecule has 1 fully saturated rings. The van der Waals surface area contributed by atoms with Crippen molar-refractivity contribution in [2.75, 3.05) is 0 Å². The monoisotopic (exact) mass is 267 g/mol. The van der Waals surface area contributed by atoms with Gasteiger partial charge in [0.2, 0.25) is 5.91 Å². The lowest BCUT2D eigenvalue weighted by Crippen LogP contribution is -2.27. The predicted molar refractivity (Wildman–Crippen MR) is 77.9 cm³/mol. The third kappa shape index (κ3) is 2.42. The van der Waals surface area contributed by atoms with Crippen molar-refractivity contribution in [3.63, 3.8) is 0 Å². The van der Waals surface area contributed by atoms with Crippen molar-refractivity contribution in [1.29, 1.82) is 0 Å². The van der Waals surface area contributed by atoms with Gasteiger partial charge < -0.3 is 5.32 Å². The maximum atomic E-state index is 11.9. The Morgan fingerprint density at radius 2 is 1.95 bits per heavy atom. The maximum absolute atomic E-state index is 11.9. The van der Waals surface area contributed by atoms with Crippen LogP contribution in [0.3, 0.4) is 0 Å². The number of hydrogen-bond acceptors (Lipinski definition) is 3. The topological polar surface area (TPSA) is 54.0 Å². The number of pyridine rings is 1. The highest BCUT2D eigenvalue weighted by Crippen LogP contribution is 2.25. The summed E-state index contributed by atoms with van der Waals surface area (Å²) in [5.74, 6) is 0.0283. The second kappa shape index (κ2) is 5.06. The molecule has 4 heteroatoms. The first-order valence-electron chi connectivity index (χ1n) is 6.73. The first-order valence-corrected chi connectivity index (χ1v) is 6.73. The van der Waals surface area contributed by atoms with E-state index in [-0.39, 0.29) is 18.1 Å². The average Bonchev–Trinajstić information content (AvgIpc) is 2.78. The molecule has 2 unspecified atom stereocenters. The number of rotatable bonds is 2. The zero-order valence-corrected chi connectivity index (χ0v) is 11.6. The van der Waals surface area contributed by atoms with Crippen LogP contribution in [0.2, 0.25) is 0 Å². The first kappa shape index (κ1) is 12.8. The molecular formula is C16H17N3O. The van der Waals surface area contributed by atoms with E-state index in [0.717, 1.165) is 22.4 Å². The Morgan fingerprint density at radius 1 is 1.15 bits per heavy atom. The number of carbonyl (C=O) groups is 1. The van der Waals surface area contributed by atoms with E-state index in [1.54, 1.807) is 6.20 Å². The van der Waals surface area contributed by atoms with Gasteiger partial charge in [-0.15, -0.1) is 0 Å². The Balaban J connectivity index is 1.96. The summed E-state index contributed by atoms with van der Waals surface area (Å²) in [6.45, 7) is 3.91. The number of hydrogen-bond donors (Lipinski definition) is 2. The van der Waals surface area contributed by atoms with Gasteiger partial charge in [0.05, 0.1) is 6.17 Å². The molecule has 1 aliphatic rings.